The minimum absolute atomic E-state index is 0.309. The third kappa shape index (κ3) is 3.85. The van der Waals surface area contributed by atoms with E-state index in [4.69, 9.17) is 12.2 Å². The first-order chi connectivity index (χ1) is 12.0. The van der Waals surface area contributed by atoms with E-state index < -0.39 is 0 Å². The highest BCUT2D eigenvalue weighted by atomic mass is 32.1. The smallest absolute Gasteiger partial charge is 0.173 e. The van der Waals surface area contributed by atoms with Crippen LogP contribution in [-0.2, 0) is 13.6 Å². The van der Waals surface area contributed by atoms with Gasteiger partial charge in [0.25, 0.3) is 0 Å². The molecule has 0 saturated heterocycles. The zero-order valence-electron chi connectivity index (χ0n) is 15.3. The molecule has 0 radical (unpaired) electrons. The fourth-order valence-corrected chi connectivity index (χ4v) is 3.54. The van der Waals surface area contributed by atoms with Crippen LogP contribution in [0, 0.1) is 6.92 Å². The van der Waals surface area contributed by atoms with Gasteiger partial charge in [-0.15, -0.1) is 0 Å². The van der Waals surface area contributed by atoms with Crippen molar-refractivity contribution >= 4 is 33.9 Å². The van der Waals surface area contributed by atoms with E-state index in [1.807, 2.05) is 6.07 Å². The maximum Gasteiger partial charge on any atom is 0.173 e. The van der Waals surface area contributed by atoms with Gasteiger partial charge in [-0.05, 0) is 62.3 Å². The number of nitrogens with zero attached hydrogens (tertiary/aromatic N) is 2. The Morgan fingerprint density at radius 1 is 1.16 bits per heavy atom. The Labute approximate surface area is 155 Å². The Bertz CT molecular complexity index is 895. The van der Waals surface area contributed by atoms with E-state index in [1.165, 1.54) is 22.0 Å². The molecular formula is C21H25N3S. The van der Waals surface area contributed by atoms with Crippen LogP contribution in [0.25, 0.3) is 10.9 Å². The topological polar surface area (TPSA) is 20.2 Å². The summed E-state index contributed by atoms with van der Waals surface area (Å²) < 4.78 is 2.18. The number of nitrogens with one attached hydrogen (secondary N) is 1. The third-order valence-corrected chi connectivity index (χ3v) is 4.81. The average molecular weight is 352 g/mol. The van der Waals surface area contributed by atoms with Crippen LogP contribution in [-0.4, -0.2) is 20.6 Å². The zero-order valence-corrected chi connectivity index (χ0v) is 16.1. The Hall–Kier alpha value is -2.33. The SMILES string of the molecule is Cc1cccc(NC(=S)N(Cc2cn(C)c3ccccc23)C(C)C)c1. The van der Waals surface area contributed by atoms with Crippen molar-refractivity contribution in [3.63, 3.8) is 0 Å². The molecule has 130 valence electrons. The van der Waals surface area contributed by atoms with Crippen molar-refractivity contribution in [2.45, 2.75) is 33.4 Å². The molecule has 0 saturated carbocycles. The van der Waals surface area contributed by atoms with Crippen LogP contribution in [0.5, 0.6) is 0 Å². The highest BCUT2D eigenvalue weighted by Gasteiger charge is 2.17. The predicted molar refractivity (Wildman–Crippen MR) is 111 cm³/mol. The summed E-state index contributed by atoms with van der Waals surface area (Å²) in [6.07, 6.45) is 2.20. The van der Waals surface area contributed by atoms with Crippen LogP contribution in [0.3, 0.4) is 0 Å². The van der Waals surface area contributed by atoms with Crippen molar-refractivity contribution in [2.75, 3.05) is 5.32 Å². The molecule has 3 nitrogen and oxygen atoms in total. The molecule has 0 fully saturated rings. The van der Waals surface area contributed by atoms with Crippen LogP contribution < -0.4 is 5.32 Å². The second-order valence-corrected chi connectivity index (χ2v) is 7.19. The maximum atomic E-state index is 5.71. The second kappa shape index (κ2) is 7.28. The molecule has 1 heterocycles. The van der Waals surface area contributed by atoms with Gasteiger partial charge in [-0.3, -0.25) is 0 Å². The summed E-state index contributed by atoms with van der Waals surface area (Å²) in [4.78, 5) is 2.24. The summed E-state index contributed by atoms with van der Waals surface area (Å²) in [7, 11) is 2.09. The summed E-state index contributed by atoms with van der Waals surface area (Å²) in [5.74, 6) is 0. The number of rotatable bonds is 4. The largest absolute Gasteiger partial charge is 0.350 e. The standard InChI is InChI=1S/C21H25N3S/c1-15(2)24(21(25)22-18-9-7-8-16(3)12-18)14-17-13-23(4)20-11-6-5-10-19(17)20/h5-13,15H,14H2,1-4H3,(H,22,25). The van der Waals surface area contributed by atoms with Gasteiger partial charge in [0.1, 0.15) is 0 Å². The summed E-state index contributed by atoms with van der Waals surface area (Å²) in [6.45, 7) is 7.23. The first kappa shape index (κ1) is 17.5. The Morgan fingerprint density at radius 2 is 1.92 bits per heavy atom. The van der Waals surface area contributed by atoms with E-state index in [-0.39, 0.29) is 0 Å². The van der Waals surface area contributed by atoms with Crippen LogP contribution in [0.4, 0.5) is 5.69 Å². The number of hydrogen-bond donors (Lipinski definition) is 1. The molecule has 1 aromatic heterocycles. The van der Waals surface area contributed by atoms with Crippen LogP contribution in [0.1, 0.15) is 25.0 Å². The molecule has 0 spiro atoms. The molecule has 3 rings (SSSR count). The van der Waals surface area contributed by atoms with Crippen molar-refractivity contribution in [3.8, 4) is 0 Å². The van der Waals surface area contributed by atoms with Gasteiger partial charge in [0, 0.05) is 42.4 Å². The molecule has 0 bridgehead atoms. The lowest BCUT2D eigenvalue weighted by Gasteiger charge is -2.29. The van der Waals surface area contributed by atoms with Crippen molar-refractivity contribution in [1.29, 1.82) is 0 Å². The van der Waals surface area contributed by atoms with Crippen LogP contribution in [0.15, 0.2) is 54.7 Å². The summed E-state index contributed by atoms with van der Waals surface area (Å²) in [5, 5.41) is 5.43. The zero-order chi connectivity index (χ0) is 18.0. The van der Waals surface area contributed by atoms with Gasteiger partial charge in [-0.25, -0.2) is 0 Å². The number of anilines is 1. The van der Waals surface area contributed by atoms with Gasteiger partial charge in [0.15, 0.2) is 5.11 Å². The van der Waals surface area contributed by atoms with Crippen molar-refractivity contribution in [1.82, 2.24) is 9.47 Å². The Kier molecular flexibility index (Phi) is 5.09. The highest BCUT2D eigenvalue weighted by Crippen LogP contribution is 2.23. The minimum Gasteiger partial charge on any atom is -0.350 e. The van der Waals surface area contributed by atoms with E-state index in [9.17, 15) is 0 Å². The van der Waals surface area contributed by atoms with Gasteiger partial charge in [-0.2, -0.15) is 0 Å². The Morgan fingerprint density at radius 3 is 2.64 bits per heavy atom. The van der Waals surface area contributed by atoms with E-state index in [1.54, 1.807) is 0 Å². The van der Waals surface area contributed by atoms with Crippen molar-refractivity contribution in [2.24, 2.45) is 7.05 Å². The monoisotopic (exact) mass is 351 g/mol. The van der Waals surface area contributed by atoms with Gasteiger partial charge < -0.3 is 14.8 Å². The summed E-state index contributed by atoms with van der Waals surface area (Å²) in [5.41, 5.74) is 4.80. The van der Waals surface area contributed by atoms with E-state index in [0.29, 0.717) is 6.04 Å². The molecule has 3 aromatic rings. The number of aryl methyl sites for hydroxylation is 2. The normalized spacial score (nSPS) is 11.1. The van der Waals surface area contributed by atoms with Gasteiger partial charge >= 0.3 is 0 Å². The van der Waals surface area contributed by atoms with Gasteiger partial charge in [-0.1, -0.05) is 30.3 Å². The summed E-state index contributed by atoms with van der Waals surface area (Å²) >= 11 is 5.71. The first-order valence-electron chi connectivity index (χ1n) is 8.63. The molecular weight excluding hydrogens is 326 g/mol. The number of thiocarbonyl (C=S) groups is 1. The fraction of sp³-hybridized carbons (Fsp3) is 0.286. The number of fused-ring (bicyclic) bond motifs is 1. The molecule has 0 atom stereocenters. The van der Waals surface area contributed by atoms with Gasteiger partial charge in [0.05, 0.1) is 0 Å². The fourth-order valence-electron chi connectivity index (χ4n) is 3.14. The number of aromatic nitrogens is 1. The molecule has 0 aliphatic carbocycles. The van der Waals surface area contributed by atoms with Gasteiger partial charge in [0.2, 0.25) is 0 Å². The van der Waals surface area contributed by atoms with E-state index in [0.717, 1.165) is 17.3 Å². The van der Waals surface area contributed by atoms with E-state index in [2.05, 4.69) is 91.3 Å². The predicted octanol–water partition coefficient (Wildman–Crippen LogP) is 5.09. The van der Waals surface area contributed by atoms with E-state index >= 15 is 0 Å². The minimum atomic E-state index is 0.309. The summed E-state index contributed by atoms with van der Waals surface area (Å²) in [6, 6.07) is 17.1. The molecule has 0 aliphatic heterocycles. The molecule has 0 aliphatic rings. The molecule has 0 amide bonds. The second-order valence-electron chi connectivity index (χ2n) is 6.80. The van der Waals surface area contributed by atoms with Crippen molar-refractivity contribution < 1.29 is 0 Å². The lowest BCUT2D eigenvalue weighted by molar-refractivity contribution is 0.349. The maximum absolute atomic E-state index is 5.71. The molecule has 4 heteroatoms. The highest BCUT2D eigenvalue weighted by molar-refractivity contribution is 7.80. The molecule has 25 heavy (non-hydrogen) atoms. The Balaban J connectivity index is 1.84. The third-order valence-electron chi connectivity index (χ3n) is 4.47. The first-order valence-corrected chi connectivity index (χ1v) is 9.04. The molecule has 2 aromatic carbocycles. The lowest BCUT2D eigenvalue weighted by Crippen LogP contribution is -2.39. The lowest BCUT2D eigenvalue weighted by atomic mass is 10.1. The quantitative estimate of drug-likeness (QED) is 0.661. The molecule has 1 N–H and O–H groups in total. The number of hydrogen-bond acceptors (Lipinski definition) is 1. The molecule has 0 unspecified atom stereocenters. The number of para-hydroxylation sites is 1. The van der Waals surface area contributed by atoms with Crippen LogP contribution >= 0.6 is 12.2 Å². The average Bonchev–Trinajstić information content (AvgIpc) is 2.89. The van der Waals surface area contributed by atoms with Crippen LogP contribution in [0.2, 0.25) is 0 Å². The number of benzene rings is 2. The van der Waals surface area contributed by atoms with Crippen molar-refractivity contribution in [3.05, 3.63) is 65.9 Å².